The van der Waals surface area contributed by atoms with Crippen molar-refractivity contribution in [2.45, 2.75) is 26.8 Å². The second-order valence-corrected chi connectivity index (χ2v) is 8.60. The largest absolute Gasteiger partial charge is 0.356 e. The zero-order chi connectivity index (χ0) is 19.4. The van der Waals surface area contributed by atoms with Crippen LogP contribution in [-0.4, -0.2) is 34.4 Å². The first kappa shape index (κ1) is 19.3. The van der Waals surface area contributed by atoms with E-state index >= 15 is 0 Å². The quantitative estimate of drug-likeness (QED) is 0.826. The molecule has 1 unspecified atom stereocenters. The molecular formula is C21H25N3O2S. The van der Waals surface area contributed by atoms with Crippen LogP contribution in [0.4, 0.5) is 17.1 Å². The molecular weight excluding hydrogens is 358 g/mol. The highest BCUT2D eigenvalue weighted by Crippen LogP contribution is 2.28. The first-order valence-corrected chi connectivity index (χ1v) is 10.1. The maximum atomic E-state index is 12.7. The number of nitrogens with one attached hydrogen (secondary N) is 2. The average molecular weight is 384 g/mol. The maximum Gasteiger partial charge on any atom is 0.248 e. The van der Waals surface area contributed by atoms with Gasteiger partial charge >= 0.3 is 0 Å². The van der Waals surface area contributed by atoms with Gasteiger partial charge in [0, 0.05) is 28.2 Å². The van der Waals surface area contributed by atoms with Crippen LogP contribution in [0.3, 0.4) is 0 Å². The van der Waals surface area contributed by atoms with Crippen LogP contribution < -0.4 is 10.6 Å². The summed E-state index contributed by atoms with van der Waals surface area (Å²) in [4.78, 5) is 27.0. The van der Waals surface area contributed by atoms with Crippen molar-refractivity contribution in [2.75, 3.05) is 22.3 Å². The van der Waals surface area contributed by atoms with Crippen LogP contribution in [0.2, 0.25) is 0 Å². The van der Waals surface area contributed by atoms with Gasteiger partial charge in [0.05, 0.1) is 5.88 Å². The normalized spacial score (nSPS) is 16.9. The van der Waals surface area contributed by atoms with Crippen LogP contribution in [0.25, 0.3) is 0 Å². The third kappa shape index (κ3) is 4.83. The van der Waals surface area contributed by atoms with Crippen molar-refractivity contribution < 1.29 is 9.59 Å². The predicted octanol–water partition coefficient (Wildman–Crippen LogP) is 4.32. The lowest BCUT2D eigenvalue weighted by Gasteiger charge is -2.29. The van der Waals surface area contributed by atoms with Gasteiger partial charge in [0.15, 0.2) is 0 Å². The number of amides is 2. The molecule has 142 valence electrons. The lowest BCUT2D eigenvalue weighted by molar-refractivity contribution is -0.143. The molecule has 2 aromatic rings. The number of benzene rings is 2. The fourth-order valence-electron chi connectivity index (χ4n) is 2.84. The van der Waals surface area contributed by atoms with Crippen molar-refractivity contribution >= 4 is 40.6 Å². The molecule has 0 aromatic heterocycles. The summed E-state index contributed by atoms with van der Waals surface area (Å²) in [6, 6.07) is 17.0. The number of anilines is 3. The monoisotopic (exact) mass is 383 g/mol. The first-order valence-electron chi connectivity index (χ1n) is 8.96. The second-order valence-electron chi connectivity index (χ2n) is 7.60. The van der Waals surface area contributed by atoms with Crippen molar-refractivity contribution in [3.8, 4) is 0 Å². The molecule has 1 saturated heterocycles. The molecule has 2 N–H and O–H groups in total. The van der Waals surface area contributed by atoms with Gasteiger partial charge in [0.1, 0.15) is 6.04 Å². The van der Waals surface area contributed by atoms with E-state index in [2.05, 4.69) is 10.6 Å². The molecule has 1 aliphatic heterocycles. The number of thioether (sulfide) groups is 1. The number of nitrogens with zero attached hydrogens (tertiary/aromatic N) is 1. The van der Waals surface area contributed by atoms with E-state index in [1.807, 2.05) is 75.4 Å². The molecule has 27 heavy (non-hydrogen) atoms. The van der Waals surface area contributed by atoms with Crippen LogP contribution in [0.15, 0.2) is 54.6 Å². The summed E-state index contributed by atoms with van der Waals surface area (Å²) in [5, 5.41) is 6.25. The number of para-hydroxylation sites is 1. The highest BCUT2D eigenvalue weighted by Gasteiger charge is 2.38. The lowest BCUT2D eigenvalue weighted by Crippen LogP contribution is -2.48. The van der Waals surface area contributed by atoms with Crippen LogP contribution in [0.1, 0.15) is 20.8 Å². The van der Waals surface area contributed by atoms with E-state index in [1.54, 1.807) is 16.7 Å². The van der Waals surface area contributed by atoms with Crippen LogP contribution >= 0.6 is 11.8 Å². The van der Waals surface area contributed by atoms with E-state index in [-0.39, 0.29) is 11.8 Å². The predicted molar refractivity (Wildman–Crippen MR) is 112 cm³/mol. The third-order valence-electron chi connectivity index (χ3n) is 4.30. The fourth-order valence-corrected chi connectivity index (χ4v) is 4.00. The Morgan fingerprint density at radius 3 is 2.19 bits per heavy atom. The van der Waals surface area contributed by atoms with Gasteiger partial charge in [-0.1, -0.05) is 39.0 Å². The zero-order valence-corrected chi connectivity index (χ0v) is 16.7. The van der Waals surface area contributed by atoms with Gasteiger partial charge in [0.2, 0.25) is 11.8 Å². The van der Waals surface area contributed by atoms with Gasteiger partial charge in [-0.15, -0.1) is 11.8 Å². The fraction of sp³-hybridized carbons (Fsp3) is 0.333. The summed E-state index contributed by atoms with van der Waals surface area (Å²) in [6.45, 7) is 5.64. The molecule has 1 fully saturated rings. The van der Waals surface area contributed by atoms with Crippen LogP contribution in [0, 0.1) is 5.41 Å². The summed E-state index contributed by atoms with van der Waals surface area (Å²) in [5.41, 5.74) is 2.18. The molecule has 2 amide bonds. The van der Waals surface area contributed by atoms with E-state index in [4.69, 9.17) is 0 Å². The average Bonchev–Trinajstić information content (AvgIpc) is 3.12. The molecule has 1 heterocycles. The number of carbonyl (C=O) groups excluding carboxylic acids is 2. The maximum absolute atomic E-state index is 12.7. The second kappa shape index (κ2) is 8.05. The van der Waals surface area contributed by atoms with Crippen molar-refractivity contribution in [3.63, 3.8) is 0 Å². The Bertz CT molecular complexity index is 800. The Morgan fingerprint density at radius 2 is 1.56 bits per heavy atom. The lowest BCUT2D eigenvalue weighted by atomic mass is 9.94. The Morgan fingerprint density at radius 1 is 0.963 bits per heavy atom. The first-order chi connectivity index (χ1) is 12.8. The summed E-state index contributed by atoms with van der Waals surface area (Å²) in [5.74, 6) is 1.06. The molecule has 0 saturated carbocycles. The molecule has 1 atom stereocenters. The topological polar surface area (TPSA) is 61.4 Å². The minimum absolute atomic E-state index is 0.00931. The standard InChI is InChI=1S/C21H25N3O2S/c1-21(2,3)20(26)24-14-27-13-18(24)19(25)23-17-11-9-16(10-12-17)22-15-7-5-4-6-8-15/h4-12,18,22H,13-14H2,1-3H3,(H,23,25). The summed E-state index contributed by atoms with van der Waals surface area (Å²) >= 11 is 1.61. The van der Waals surface area contributed by atoms with Gasteiger partial charge in [-0.05, 0) is 36.4 Å². The summed E-state index contributed by atoms with van der Waals surface area (Å²) < 4.78 is 0. The minimum Gasteiger partial charge on any atom is -0.356 e. The summed E-state index contributed by atoms with van der Waals surface area (Å²) in [6.07, 6.45) is 0. The summed E-state index contributed by atoms with van der Waals surface area (Å²) in [7, 11) is 0. The van der Waals surface area contributed by atoms with E-state index in [0.717, 1.165) is 17.1 Å². The van der Waals surface area contributed by atoms with Gasteiger partial charge in [-0.3, -0.25) is 9.59 Å². The number of carbonyl (C=O) groups is 2. The van der Waals surface area contributed by atoms with E-state index in [0.29, 0.717) is 11.6 Å². The molecule has 2 aromatic carbocycles. The molecule has 6 heteroatoms. The molecule has 1 aliphatic rings. The van der Waals surface area contributed by atoms with Crippen LogP contribution in [0.5, 0.6) is 0 Å². The van der Waals surface area contributed by atoms with Crippen molar-refractivity contribution in [1.29, 1.82) is 0 Å². The Kier molecular flexibility index (Phi) is 5.75. The van der Waals surface area contributed by atoms with Gasteiger partial charge in [-0.25, -0.2) is 0 Å². The van der Waals surface area contributed by atoms with Gasteiger partial charge in [0.25, 0.3) is 0 Å². The molecule has 3 rings (SSSR count). The van der Waals surface area contributed by atoms with Crippen LogP contribution in [-0.2, 0) is 9.59 Å². The molecule has 0 aliphatic carbocycles. The third-order valence-corrected chi connectivity index (χ3v) is 5.31. The Balaban J connectivity index is 1.63. The van der Waals surface area contributed by atoms with Gasteiger partial charge in [-0.2, -0.15) is 0 Å². The molecule has 5 nitrogen and oxygen atoms in total. The number of hydrogen-bond acceptors (Lipinski definition) is 4. The number of rotatable bonds is 4. The van der Waals surface area contributed by atoms with Crippen molar-refractivity contribution in [2.24, 2.45) is 5.41 Å². The highest BCUT2D eigenvalue weighted by atomic mass is 32.2. The van der Waals surface area contributed by atoms with Crippen molar-refractivity contribution in [1.82, 2.24) is 4.90 Å². The number of hydrogen-bond donors (Lipinski definition) is 2. The minimum atomic E-state index is -0.492. The smallest absolute Gasteiger partial charge is 0.248 e. The highest BCUT2D eigenvalue weighted by molar-refractivity contribution is 7.99. The molecule has 0 bridgehead atoms. The Hall–Kier alpha value is -2.47. The van der Waals surface area contributed by atoms with E-state index in [1.165, 1.54) is 0 Å². The molecule has 0 spiro atoms. The van der Waals surface area contributed by atoms with Crippen molar-refractivity contribution in [3.05, 3.63) is 54.6 Å². The SMILES string of the molecule is CC(C)(C)C(=O)N1CSCC1C(=O)Nc1ccc(Nc2ccccc2)cc1. The zero-order valence-electron chi connectivity index (χ0n) is 15.9. The molecule has 0 radical (unpaired) electrons. The Labute approximate surface area is 164 Å². The van der Waals surface area contributed by atoms with E-state index in [9.17, 15) is 9.59 Å². The van der Waals surface area contributed by atoms with E-state index < -0.39 is 11.5 Å². The van der Waals surface area contributed by atoms with Gasteiger partial charge < -0.3 is 15.5 Å².